The standard InChI is InChI=1S/C22H32N6OS/c1-17(2)20(29)25-14-12-24(13-15-25)16-27-22(30)28(19-8-6-18(3)7-9-19)21(23-27)26-10-4-5-11-26/h6-9,17H,4-5,10-16H2,1-3H3. The first-order valence-corrected chi connectivity index (χ1v) is 11.4. The van der Waals surface area contributed by atoms with E-state index >= 15 is 0 Å². The Morgan fingerprint density at radius 3 is 2.27 bits per heavy atom. The third-order valence-electron chi connectivity index (χ3n) is 6.02. The maximum Gasteiger partial charge on any atom is 0.230 e. The molecule has 162 valence electrons. The summed E-state index contributed by atoms with van der Waals surface area (Å²) in [5.74, 6) is 1.24. The lowest BCUT2D eigenvalue weighted by Gasteiger charge is -2.35. The fourth-order valence-electron chi connectivity index (χ4n) is 4.19. The minimum Gasteiger partial charge on any atom is -0.341 e. The lowest BCUT2D eigenvalue weighted by atomic mass is 10.1. The van der Waals surface area contributed by atoms with Crippen LogP contribution in [0.2, 0.25) is 0 Å². The van der Waals surface area contributed by atoms with Crippen molar-refractivity contribution in [1.82, 2.24) is 24.1 Å². The molecule has 0 spiro atoms. The van der Waals surface area contributed by atoms with Gasteiger partial charge in [-0.3, -0.25) is 14.3 Å². The van der Waals surface area contributed by atoms with Gasteiger partial charge in [0.1, 0.15) is 0 Å². The molecule has 4 rings (SSSR count). The SMILES string of the molecule is Cc1ccc(-n2c(N3CCCC3)nn(CN3CCN(C(=O)C(C)C)CC3)c2=S)cc1. The zero-order valence-electron chi connectivity index (χ0n) is 18.3. The summed E-state index contributed by atoms with van der Waals surface area (Å²) in [6, 6.07) is 8.47. The van der Waals surface area contributed by atoms with E-state index < -0.39 is 0 Å². The molecule has 8 heteroatoms. The van der Waals surface area contributed by atoms with Crippen molar-refractivity contribution in [1.29, 1.82) is 0 Å². The Kier molecular flexibility index (Phi) is 6.24. The maximum atomic E-state index is 12.3. The molecular weight excluding hydrogens is 396 g/mol. The van der Waals surface area contributed by atoms with E-state index in [-0.39, 0.29) is 11.8 Å². The van der Waals surface area contributed by atoms with Crippen LogP contribution in [0.15, 0.2) is 24.3 Å². The number of benzene rings is 1. The van der Waals surface area contributed by atoms with E-state index in [0.717, 1.165) is 55.7 Å². The van der Waals surface area contributed by atoms with E-state index in [2.05, 4.69) is 45.6 Å². The first-order valence-electron chi connectivity index (χ1n) is 11.0. The number of aryl methyl sites for hydroxylation is 1. The van der Waals surface area contributed by atoms with Crippen molar-refractivity contribution < 1.29 is 4.79 Å². The smallest absolute Gasteiger partial charge is 0.230 e. The lowest BCUT2D eigenvalue weighted by molar-refractivity contribution is -0.136. The van der Waals surface area contributed by atoms with Gasteiger partial charge < -0.3 is 9.80 Å². The topological polar surface area (TPSA) is 49.5 Å². The summed E-state index contributed by atoms with van der Waals surface area (Å²) in [4.78, 5) is 18.9. The molecule has 30 heavy (non-hydrogen) atoms. The third-order valence-corrected chi connectivity index (χ3v) is 6.41. The summed E-state index contributed by atoms with van der Waals surface area (Å²) in [6.45, 7) is 11.9. The zero-order valence-corrected chi connectivity index (χ0v) is 19.1. The minimum absolute atomic E-state index is 0.0541. The highest BCUT2D eigenvalue weighted by Gasteiger charge is 2.25. The maximum absolute atomic E-state index is 12.3. The van der Waals surface area contributed by atoms with Crippen LogP contribution in [-0.2, 0) is 11.5 Å². The summed E-state index contributed by atoms with van der Waals surface area (Å²) in [7, 11) is 0. The molecule has 2 saturated heterocycles. The Labute approximate surface area is 183 Å². The molecule has 3 heterocycles. The van der Waals surface area contributed by atoms with Gasteiger partial charge in [-0.25, -0.2) is 4.68 Å². The van der Waals surface area contributed by atoms with Gasteiger partial charge in [-0.2, -0.15) is 0 Å². The van der Waals surface area contributed by atoms with Gasteiger partial charge in [0.25, 0.3) is 0 Å². The quantitative estimate of drug-likeness (QED) is 0.685. The molecule has 0 atom stereocenters. The van der Waals surface area contributed by atoms with E-state index in [1.807, 2.05) is 23.4 Å². The minimum atomic E-state index is 0.0541. The molecule has 1 aromatic heterocycles. The normalized spacial score (nSPS) is 17.9. The fourth-order valence-corrected chi connectivity index (χ4v) is 4.48. The second-order valence-corrected chi connectivity index (χ2v) is 9.05. The Morgan fingerprint density at radius 1 is 1.03 bits per heavy atom. The van der Waals surface area contributed by atoms with Gasteiger partial charge in [-0.1, -0.05) is 31.5 Å². The van der Waals surface area contributed by atoms with Gasteiger partial charge >= 0.3 is 0 Å². The van der Waals surface area contributed by atoms with E-state index in [1.54, 1.807) is 0 Å². The predicted octanol–water partition coefficient (Wildman–Crippen LogP) is 3.07. The average molecular weight is 429 g/mol. The molecule has 7 nitrogen and oxygen atoms in total. The summed E-state index contributed by atoms with van der Waals surface area (Å²) < 4.78 is 4.78. The number of piperazine rings is 1. The predicted molar refractivity (Wildman–Crippen MR) is 122 cm³/mol. The van der Waals surface area contributed by atoms with Gasteiger partial charge in [-0.05, 0) is 44.1 Å². The first-order chi connectivity index (χ1) is 14.4. The Balaban J connectivity index is 1.56. The molecule has 0 saturated carbocycles. The van der Waals surface area contributed by atoms with Crippen LogP contribution in [-0.4, -0.2) is 69.3 Å². The number of carbonyl (C=O) groups excluding carboxylic acids is 1. The number of aromatic nitrogens is 3. The molecule has 0 aliphatic carbocycles. The van der Waals surface area contributed by atoms with Crippen LogP contribution >= 0.6 is 12.2 Å². The molecule has 2 fully saturated rings. The first kappa shape index (κ1) is 21.1. The van der Waals surface area contributed by atoms with Gasteiger partial charge in [0.15, 0.2) is 0 Å². The third kappa shape index (κ3) is 4.30. The van der Waals surface area contributed by atoms with Crippen LogP contribution in [0.3, 0.4) is 0 Å². The van der Waals surface area contributed by atoms with Crippen molar-refractivity contribution in [2.75, 3.05) is 44.2 Å². The highest BCUT2D eigenvalue weighted by atomic mass is 32.1. The van der Waals surface area contributed by atoms with Crippen molar-refractivity contribution >= 4 is 24.1 Å². The summed E-state index contributed by atoms with van der Waals surface area (Å²) in [5, 5.41) is 4.95. The second kappa shape index (κ2) is 8.89. The molecule has 2 aromatic rings. The van der Waals surface area contributed by atoms with Crippen molar-refractivity contribution in [3.8, 4) is 5.69 Å². The Hall–Kier alpha value is -2.19. The van der Waals surface area contributed by atoms with Gasteiger partial charge in [0.05, 0.1) is 12.4 Å². The van der Waals surface area contributed by atoms with Crippen LogP contribution in [0, 0.1) is 17.6 Å². The fraction of sp³-hybridized carbons (Fsp3) is 0.591. The average Bonchev–Trinajstić information content (AvgIpc) is 3.38. The van der Waals surface area contributed by atoms with Crippen LogP contribution in [0.1, 0.15) is 32.3 Å². The molecule has 2 aliphatic rings. The van der Waals surface area contributed by atoms with Gasteiger partial charge in [0.2, 0.25) is 16.6 Å². The number of nitrogens with zero attached hydrogens (tertiary/aromatic N) is 6. The molecule has 0 unspecified atom stereocenters. The van der Waals surface area contributed by atoms with Crippen molar-refractivity contribution in [3.63, 3.8) is 0 Å². The van der Waals surface area contributed by atoms with Crippen LogP contribution < -0.4 is 4.90 Å². The largest absolute Gasteiger partial charge is 0.341 e. The number of amides is 1. The number of carbonyl (C=O) groups is 1. The van der Waals surface area contributed by atoms with Crippen LogP contribution in [0.4, 0.5) is 5.95 Å². The van der Waals surface area contributed by atoms with E-state index in [1.165, 1.54) is 18.4 Å². The van der Waals surface area contributed by atoms with Crippen LogP contribution in [0.25, 0.3) is 5.69 Å². The number of rotatable bonds is 5. The monoisotopic (exact) mass is 428 g/mol. The summed E-state index contributed by atoms with van der Waals surface area (Å²) in [6.07, 6.45) is 2.39. The van der Waals surface area contributed by atoms with E-state index in [0.29, 0.717) is 6.67 Å². The molecule has 0 N–H and O–H groups in total. The highest BCUT2D eigenvalue weighted by Crippen LogP contribution is 2.24. The summed E-state index contributed by atoms with van der Waals surface area (Å²) in [5.41, 5.74) is 2.29. The molecule has 0 bridgehead atoms. The Morgan fingerprint density at radius 2 is 1.67 bits per heavy atom. The molecule has 0 radical (unpaired) electrons. The molecule has 1 aromatic carbocycles. The molecule has 1 amide bonds. The van der Waals surface area contributed by atoms with Crippen LogP contribution in [0.5, 0.6) is 0 Å². The lowest BCUT2D eigenvalue weighted by Crippen LogP contribution is -2.50. The molecule has 2 aliphatic heterocycles. The summed E-state index contributed by atoms with van der Waals surface area (Å²) >= 11 is 5.88. The van der Waals surface area contributed by atoms with Crippen molar-refractivity contribution in [2.24, 2.45) is 5.92 Å². The molecular formula is C22H32N6OS. The number of hydrogen-bond acceptors (Lipinski definition) is 5. The van der Waals surface area contributed by atoms with Gasteiger partial charge in [-0.15, -0.1) is 5.10 Å². The van der Waals surface area contributed by atoms with E-state index in [9.17, 15) is 4.79 Å². The van der Waals surface area contributed by atoms with Crippen molar-refractivity contribution in [2.45, 2.75) is 40.3 Å². The second-order valence-electron chi connectivity index (χ2n) is 8.69. The Bertz CT molecular complexity index is 934. The zero-order chi connectivity index (χ0) is 21.3. The number of hydrogen-bond donors (Lipinski definition) is 0. The van der Waals surface area contributed by atoms with E-state index in [4.69, 9.17) is 17.3 Å². The number of anilines is 1. The van der Waals surface area contributed by atoms with Crippen molar-refractivity contribution in [3.05, 3.63) is 34.6 Å². The highest BCUT2D eigenvalue weighted by molar-refractivity contribution is 7.71. The van der Waals surface area contributed by atoms with Gasteiger partial charge in [0, 0.05) is 45.2 Å².